The molecule has 6 heteroatoms. The molecule has 0 aliphatic carbocycles. The van der Waals surface area contributed by atoms with Gasteiger partial charge in [0.2, 0.25) is 0 Å². The van der Waals surface area contributed by atoms with E-state index in [4.69, 9.17) is 16.0 Å². The quantitative estimate of drug-likeness (QED) is 0.594. The molecule has 1 heterocycles. The van der Waals surface area contributed by atoms with Crippen molar-refractivity contribution in [3.8, 4) is 0 Å². The van der Waals surface area contributed by atoms with Gasteiger partial charge in [-0.2, -0.15) is 0 Å². The molecule has 2 rings (SSSR count). The highest BCUT2D eigenvalue weighted by Gasteiger charge is 2.15. The van der Waals surface area contributed by atoms with Crippen LogP contribution in [0.5, 0.6) is 0 Å². The molecular weight excluding hydrogens is 328 g/mol. The first-order valence-electron chi connectivity index (χ1n) is 7.70. The topological polar surface area (TPSA) is 71.3 Å². The molecule has 2 N–H and O–H groups in total. The third-order valence-corrected chi connectivity index (χ3v) is 3.49. The predicted molar refractivity (Wildman–Crippen MR) is 93.5 cm³/mol. The van der Waals surface area contributed by atoms with E-state index in [2.05, 4.69) is 10.6 Å². The molecule has 0 radical (unpaired) electrons. The molecule has 0 aliphatic heterocycles. The van der Waals surface area contributed by atoms with Crippen LogP contribution in [0.15, 0.2) is 52.8 Å². The van der Waals surface area contributed by atoms with Gasteiger partial charge < -0.3 is 15.1 Å². The zero-order valence-corrected chi connectivity index (χ0v) is 14.1. The van der Waals surface area contributed by atoms with E-state index in [1.54, 1.807) is 36.4 Å². The summed E-state index contributed by atoms with van der Waals surface area (Å²) in [7, 11) is 0. The van der Waals surface area contributed by atoms with E-state index in [1.165, 1.54) is 12.3 Å². The maximum atomic E-state index is 12.3. The van der Waals surface area contributed by atoms with Crippen LogP contribution in [0.25, 0.3) is 6.08 Å². The van der Waals surface area contributed by atoms with Gasteiger partial charge in [-0.3, -0.25) is 9.59 Å². The summed E-state index contributed by atoms with van der Waals surface area (Å²) < 4.78 is 5.05. The molecule has 24 heavy (non-hydrogen) atoms. The number of carbonyl (C=O) groups is 2. The highest BCUT2D eigenvalue weighted by atomic mass is 35.5. The van der Waals surface area contributed by atoms with Crippen LogP contribution in [-0.2, 0) is 4.79 Å². The molecule has 126 valence electrons. The fourth-order valence-corrected chi connectivity index (χ4v) is 2.08. The van der Waals surface area contributed by atoms with Gasteiger partial charge in [-0.1, -0.05) is 37.1 Å². The van der Waals surface area contributed by atoms with Crippen LogP contribution >= 0.6 is 11.6 Å². The third-order valence-electron chi connectivity index (χ3n) is 3.23. The van der Waals surface area contributed by atoms with Crippen molar-refractivity contribution in [1.29, 1.82) is 0 Å². The minimum atomic E-state index is -0.481. The van der Waals surface area contributed by atoms with E-state index in [0.717, 1.165) is 18.4 Å². The molecule has 1 aromatic carbocycles. The summed E-state index contributed by atoms with van der Waals surface area (Å²) in [5.74, 6) is -0.692. The highest BCUT2D eigenvalue weighted by Crippen LogP contribution is 2.12. The number of benzene rings is 1. The first-order chi connectivity index (χ1) is 11.6. The van der Waals surface area contributed by atoms with Gasteiger partial charge in [-0.15, -0.1) is 0 Å². The van der Waals surface area contributed by atoms with Gasteiger partial charge >= 0.3 is 0 Å². The van der Waals surface area contributed by atoms with Crippen molar-refractivity contribution in [2.75, 3.05) is 6.54 Å². The summed E-state index contributed by atoms with van der Waals surface area (Å²) in [5.41, 5.74) is 0.898. The molecular formula is C18H19ClN2O3. The normalized spacial score (nSPS) is 11.2. The molecule has 0 bridgehead atoms. The van der Waals surface area contributed by atoms with Gasteiger partial charge in [0, 0.05) is 11.6 Å². The number of amides is 2. The van der Waals surface area contributed by atoms with E-state index in [0.29, 0.717) is 11.6 Å². The van der Waals surface area contributed by atoms with Crippen LogP contribution in [0.3, 0.4) is 0 Å². The molecule has 2 aromatic rings. The van der Waals surface area contributed by atoms with Gasteiger partial charge in [-0.05, 0) is 42.3 Å². The zero-order chi connectivity index (χ0) is 17.4. The SMILES string of the molecule is CCCCNC(=O)/C(=C\c1ccc(Cl)cc1)NC(=O)c1ccco1. The Labute approximate surface area is 145 Å². The van der Waals surface area contributed by atoms with Crippen molar-refractivity contribution >= 4 is 29.5 Å². The smallest absolute Gasteiger partial charge is 0.291 e. The fourth-order valence-electron chi connectivity index (χ4n) is 1.95. The lowest BCUT2D eigenvalue weighted by Gasteiger charge is -2.10. The Kier molecular flexibility index (Phi) is 6.63. The van der Waals surface area contributed by atoms with Crippen molar-refractivity contribution < 1.29 is 14.0 Å². The fraction of sp³-hybridized carbons (Fsp3) is 0.222. The molecule has 0 spiro atoms. The van der Waals surface area contributed by atoms with Gasteiger partial charge in [0.15, 0.2) is 5.76 Å². The van der Waals surface area contributed by atoms with Crippen molar-refractivity contribution in [2.24, 2.45) is 0 Å². The van der Waals surface area contributed by atoms with Crippen LogP contribution in [0, 0.1) is 0 Å². The first kappa shape index (κ1) is 17.8. The van der Waals surface area contributed by atoms with E-state index < -0.39 is 5.91 Å². The molecule has 0 unspecified atom stereocenters. The molecule has 2 amide bonds. The lowest BCUT2D eigenvalue weighted by molar-refractivity contribution is -0.117. The molecule has 0 saturated carbocycles. The second kappa shape index (κ2) is 8.93. The van der Waals surface area contributed by atoms with Crippen molar-refractivity contribution in [3.05, 3.63) is 64.7 Å². The Morgan fingerprint density at radius 1 is 1.21 bits per heavy atom. The van der Waals surface area contributed by atoms with E-state index in [1.807, 2.05) is 6.92 Å². The Hall–Kier alpha value is -2.53. The summed E-state index contributed by atoms with van der Waals surface area (Å²) in [5, 5.41) is 5.98. The molecule has 0 atom stereocenters. The lowest BCUT2D eigenvalue weighted by atomic mass is 10.2. The van der Waals surface area contributed by atoms with Crippen LogP contribution < -0.4 is 10.6 Å². The number of nitrogens with one attached hydrogen (secondary N) is 2. The van der Waals surface area contributed by atoms with Crippen LogP contribution in [0.1, 0.15) is 35.9 Å². The summed E-state index contributed by atoms with van der Waals surface area (Å²) in [6, 6.07) is 10.1. The Morgan fingerprint density at radius 2 is 1.96 bits per heavy atom. The summed E-state index contributed by atoms with van der Waals surface area (Å²) in [6.07, 6.45) is 4.83. The number of hydrogen-bond donors (Lipinski definition) is 2. The summed E-state index contributed by atoms with van der Waals surface area (Å²) in [6.45, 7) is 2.58. The highest BCUT2D eigenvalue weighted by molar-refractivity contribution is 6.30. The van der Waals surface area contributed by atoms with Crippen LogP contribution in [0.2, 0.25) is 5.02 Å². The van der Waals surface area contributed by atoms with Gasteiger partial charge in [0.25, 0.3) is 11.8 Å². The molecule has 0 fully saturated rings. The predicted octanol–water partition coefficient (Wildman–Crippen LogP) is 3.62. The molecule has 5 nitrogen and oxygen atoms in total. The average Bonchev–Trinajstić information content (AvgIpc) is 3.11. The molecule has 0 aliphatic rings. The average molecular weight is 347 g/mol. The van der Waals surface area contributed by atoms with Crippen LogP contribution in [0.4, 0.5) is 0 Å². The van der Waals surface area contributed by atoms with E-state index in [9.17, 15) is 9.59 Å². The zero-order valence-electron chi connectivity index (χ0n) is 13.3. The summed E-state index contributed by atoms with van der Waals surface area (Å²) in [4.78, 5) is 24.5. The molecule has 0 saturated heterocycles. The number of carbonyl (C=O) groups excluding carboxylic acids is 2. The monoisotopic (exact) mass is 346 g/mol. The largest absolute Gasteiger partial charge is 0.459 e. The standard InChI is InChI=1S/C18H19ClN2O3/c1-2-3-10-20-17(22)15(12-13-6-8-14(19)9-7-13)21-18(23)16-5-4-11-24-16/h4-9,11-12H,2-3,10H2,1H3,(H,20,22)(H,21,23)/b15-12+. The minimum absolute atomic E-state index is 0.137. The maximum Gasteiger partial charge on any atom is 0.291 e. The first-order valence-corrected chi connectivity index (χ1v) is 8.08. The van der Waals surface area contributed by atoms with Crippen molar-refractivity contribution in [1.82, 2.24) is 10.6 Å². The lowest BCUT2D eigenvalue weighted by Crippen LogP contribution is -2.35. The number of furan rings is 1. The Balaban J connectivity index is 2.18. The maximum absolute atomic E-state index is 12.3. The number of rotatable bonds is 7. The number of unbranched alkanes of at least 4 members (excludes halogenated alkanes) is 1. The van der Waals surface area contributed by atoms with E-state index in [-0.39, 0.29) is 17.4 Å². The van der Waals surface area contributed by atoms with E-state index >= 15 is 0 Å². The van der Waals surface area contributed by atoms with Gasteiger partial charge in [0.05, 0.1) is 6.26 Å². The van der Waals surface area contributed by atoms with Crippen molar-refractivity contribution in [3.63, 3.8) is 0 Å². The van der Waals surface area contributed by atoms with Gasteiger partial charge in [0.1, 0.15) is 5.70 Å². The molecule has 1 aromatic heterocycles. The Bertz CT molecular complexity index is 706. The number of halogens is 1. The van der Waals surface area contributed by atoms with Gasteiger partial charge in [-0.25, -0.2) is 0 Å². The van der Waals surface area contributed by atoms with Crippen LogP contribution in [-0.4, -0.2) is 18.4 Å². The Morgan fingerprint density at radius 3 is 2.58 bits per heavy atom. The summed E-state index contributed by atoms with van der Waals surface area (Å²) >= 11 is 5.87. The minimum Gasteiger partial charge on any atom is -0.459 e. The second-order valence-electron chi connectivity index (χ2n) is 5.15. The second-order valence-corrected chi connectivity index (χ2v) is 5.59. The van der Waals surface area contributed by atoms with Crippen molar-refractivity contribution in [2.45, 2.75) is 19.8 Å². The number of hydrogen-bond acceptors (Lipinski definition) is 3. The third kappa shape index (κ3) is 5.28.